The van der Waals surface area contributed by atoms with E-state index >= 15 is 0 Å². The topological polar surface area (TPSA) is 146 Å². The second-order valence-electron chi connectivity index (χ2n) is 9.18. The number of amides is 3. The molecule has 1 saturated carbocycles. The number of hydrogen-bond acceptors (Lipinski definition) is 7. The van der Waals surface area contributed by atoms with E-state index in [4.69, 9.17) is 4.74 Å². The molecule has 0 spiro atoms. The fourth-order valence-corrected chi connectivity index (χ4v) is 5.15. The standard InChI is InChI=1S/C22H33FN4O6S/c1-13(2)18(15-9-16(23)11-17(10-15)33-12-14-5-6-14)27-34(31,32)8-4-3-7-24-19-20(28)25-22(30)26-21(19)29/h9-11,13-14,18-20,24,27-28H,3-8,12H2,1-2H3,(H2,25,26,29,30)/t18-,19?,20?/m1/s1. The molecule has 1 aromatic rings. The minimum atomic E-state index is -3.68. The zero-order valence-electron chi connectivity index (χ0n) is 19.3. The largest absolute Gasteiger partial charge is 0.493 e. The molecule has 3 amide bonds. The van der Waals surface area contributed by atoms with E-state index in [9.17, 15) is 27.5 Å². The summed E-state index contributed by atoms with van der Waals surface area (Å²) >= 11 is 0. The number of urea groups is 1. The van der Waals surface area contributed by atoms with Gasteiger partial charge in [-0.2, -0.15) is 0 Å². The summed E-state index contributed by atoms with van der Waals surface area (Å²) in [6.45, 7) is 4.50. The van der Waals surface area contributed by atoms with Gasteiger partial charge in [0.2, 0.25) is 15.9 Å². The van der Waals surface area contributed by atoms with E-state index in [1.54, 1.807) is 6.07 Å². The first-order chi connectivity index (χ1) is 16.0. The number of rotatable bonds is 13. The minimum absolute atomic E-state index is 0.129. The van der Waals surface area contributed by atoms with Gasteiger partial charge < -0.3 is 20.5 Å². The first-order valence-electron chi connectivity index (χ1n) is 11.5. The molecular formula is C22H33FN4O6S. The van der Waals surface area contributed by atoms with E-state index in [-0.39, 0.29) is 18.2 Å². The number of aliphatic hydroxyl groups excluding tert-OH is 1. The molecule has 190 valence electrons. The molecule has 2 aliphatic rings. The van der Waals surface area contributed by atoms with E-state index in [2.05, 4.69) is 15.4 Å². The van der Waals surface area contributed by atoms with Gasteiger partial charge in [-0.05, 0) is 61.8 Å². The molecule has 0 aromatic heterocycles. The van der Waals surface area contributed by atoms with Crippen LogP contribution in [0.2, 0.25) is 0 Å². The average Bonchev–Trinajstić information content (AvgIpc) is 3.56. The smallest absolute Gasteiger partial charge is 0.323 e. The summed E-state index contributed by atoms with van der Waals surface area (Å²) in [6, 6.07) is 1.91. The number of aliphatic hydroxyl groups is 1. The second-order valence-corrected chi connectivity index (χ2v) is 11.1. The zero-order valence-corrected chi connectivity index (χ0v) is 20.2. The molecule has 0 radical (unpaired) electrons. The lowest BCUT2D eigenvalue weighted by atomic mass is 9.97. The second kappa shape index (κ2) is 11.4. The number of ether oxygens (including phenoxy) is 1. The van der Waals surface area contributed by atoms with Gasteiger partial charge in [-0.25, -0.2) is 22.3 Å². The van der Waals surface area contributed by atoms with Gasteiger partial charge in [-0.15, -0.1) is 0 Å². The number of benzene rings is 1. The molecule has 0 bridgehead atoms. The number of sulfonamides is 1. The van der Waals surface area contributed by atoms with Crippen molar-refractivity contribution >= 4 is 22.0 Å². The first-order valence-corrected chi connectivity index (χ1v) is 13.2. The van der Waals surface area contributed by atoms with E-state index < -0.39 is 46.1 Å². The molecular weight excluding hydrogens is 467 g/mol. The predicted octanol–water partition coefficient (Wildman–Crippen LogP) is 1.13. The molecule has 1 saturated heterocycles. The number of halogens is 1. The van der Waals surface area contributed by atoms with Crippen LogP contribution in [-0.4, -0.2) is 56.6 Å². The fraction of sp³-hybridized carbons (Fsp3) is 0.636. The van der Waals surface area contributed by atoms with E-state index in [0.717, 1.165) is 12.8 Å². The van der Waals surface area contributed by atoms with Crippen molar-refractivity contribution in [2.45, 2.75) is 57.8 Å². The Balaban J connectivity index is 1.51. The fourth-order valence-electron chi connectivity index (χ4n) is 3.65. The molecule has 10 nitrogen and oxygen atoms in total. The van der Waals surface area contributed by atoms with Crippen LogP contribution in [-0.2, 0) is 14.8 Å². The maximum atomic E-state index is 14.2. The Morgan fingerprint density at radius 3 is 2.59 bits per heavy atom. The van der Waals surface area contributed by atoms with Crippen LogP contribution in [0.3, 0.4) is 0 Å². The maximum absolute atomic E-state index is 14.2. The molecule has 1 aliphatic carbocycles. The van der Waals surface area contributed by atoms with Crippen LogP contribution in [0.15, 0.2) is 18.2 Å². The summed E-state index contributed by atoms with van der Waals surface area (Å²) in [5.41, 5.74) is 0.505. The third-order valence-electron chi connectivity index (χ3n) is 5.73. The zero-order chi connectivity index (χ0) is 24.9. The highest BCUT2D eigenvalue weighted by Gasteiger charge is 2.33. The summed E-state index contributed by atoms with van der Waals surface area (Å²) < 4.78 is 48.0. The van der Waals surface area contributed by atoms with Gasteiger partial charge in [-0.1, -0.05) is 13.8 Å². The van der Waals surface area contributed by atoms with Crippen molar-refractivity contribution in [1.82, 2.24) is 20.7 Å². The van der Waals surface area contributed by atoms with E-state index in [0.29, 0.717) is 36.7 Å². The normalized spacial score (nSPS) is 21.8. The predicted molar refractivity (Wildman–Crippen MR) is 123 cm³/mol. The summed E-state index contributed by atoms with van der Waals surface area (Å²) in [5.74, 6) is -0.520. The van der Waals surface area contributed by atoms with Gasteiger partial charge in [0.05, 0.1) is 12.4 Å². The van der Waals surface area contributed by atoms with Crippen molar-refractivity contribution in [3.8, 4) is 5.75 Å². The molecule has 12 heteroatoms. The maximum Gasteiger partial charge on any atom is 0.323 e. The van der Waals surface area contributed by atoms with Crippen LogP contribution < -0.4 is 25.4 Å². The Morgan fingerprint density at radius 2 is 1.94 bits per heavy atom. The van der Waals surface area contributed by atoms with Crippen molar-refractivity contribution < 1.29 is 32.2 Å². The Morgan fingerprint density at radius 1 is 1.21 bits per heavy atom. The van der Waals surface area contributed by atoms with E-state index in [1.807, 2.05) is 19.2 Å². The summed E-state index contributed by atoms with van der Waals surface area (Å²) in [7, 11) is -3.68. The molecule has 3 atom stereocenters. The molecule has 3 rings (SSSR count). The highest BCUT2D eigenvalue weighted by atomic mass is 32.2. The lowest BCUT2D eigenvalue weighted by molar-refractivity contribution is -0.126. The molecule has 1 aromatic carbocycles. The van der Waals surface area contributed by atoms with Crippen LogP contribution in [0, 0.1) is 17.7 Å². The van der Waals surface area contributed by atoms with Crippen molar-refractivity contribution in [2.24, 2.45) is 11.8 Å². The van der Waals surface area contributed by atoms with Gasteiger partial charge in [0.25, 0.3) is 0 Å². The number of unbranched alkanes of at least 4 members (excludes halogenated alkanes) is 1. The summed E-state index contributed by atoms with van der Waals surface area (Å²) in [6.07, 6.45) is 1.57. The number of carbonyl (C=O) groups is 2. The molecule has 5 N–H and O–H groups in total. The van der Waals surface area contributed by atoms with Crippen LogP contribution in [0.5, 0.6) is 5.75 Å². The minimum Gasteiger partial charge on any atom is -0.493 e. The first kappa shape index (κ1) is 26.3. The molecule has 34 heavy (non-hydrogen) atoms. The van der Waals surface area contributed by atoms with Gasteiger partial charge in [0.1, 0.15) is 17.6 Å². The molecule has 2 fully saturated rings. The van der Waals surface area contributed by atoms with Crippen molar-refractivity contribution in [3.63, 3.8) is 0 Å². The Kier molecular flexibility index (Phi) is 8.85. The van der Waals surface area contributed by atoms with Crippen LogP contribution in [0.1, 0.15) is 51.1 Å². The lowest BCUT2D eigenvalue weighted by Crippen LogP contribution is -2.65. The van der Waals surface area contributed by atoms with Crippen LogP contribution in [0.25, 0.3) is 0 Å². The SMILES string of the molecule is CC(C)[C@@H](NS(=O)(=O)CCCCNC1C(=O)NC(=O)NC1O)c1cc(F)cc(OCC2CC2)c1. The third kappa shape index (κ3) is 7.90. The van der Waals surface area contributed by atoms with Gasteiger partial charge in [0, 0.05) is 12.1 Å². The third-order valence-corrected chi connectivity index (χ3v) is 7.17. The van der Waals surface area contributed by atoms with Crippen molar-refractivity contribution in [1.29, 1.82) is 0 Å². The lowest BCUT2D eigenvalue weighted by Gasteiger charge is -2.28. The Hall–Kier alpha value is -2.28. The molecule has 2 unspecified atom stereocenters. The Labute approximate surface area is 199 Å². The molecule has 1 heterocycles. The summed E-state index contributed by atoms with van der Waals surface area (Å²) in [4.78, 5) is 22.9. The van der Waals surface area contributed by atoms with E-state index in [1.165, 1.54) is 12.1 Å². The van der Waals surface area contributed by atoms with Gasteiger partial charge in [-0.3, -0.25) is 10.1 Å². The number of carbonyl (C=O) groups excluding carboxylic acids is 2. The quantitative estimate of drug-likeness (QED) is 0.255. The highest BCUT2D eigenvalue weighted by molar-refractivity contribution is 7.89. The van der Waals surface area contributed by atoms with Crippen LogP contribution >= 0.6 is 0 Å². The van der Waals surface area contributed by atoms with Gasteiger partial charge in [0.15, 0.2) is 6.23 Å². The number of imide groups is 1. The Bertz CT molecular complexity index is 986. The van der Waals surface area contributed by atoms with Gasteiger partial charge >= 0.3 is 6.03 Å². The monoisotopic (exact) mass is 500 g/mol. The molecule has 1 aliphatic heterocycles. The highest BCUT2D eigenvalue weighted by Crippen LogP contribution is 2.31. The van der Waals surface area contributed by atoms with Crippen molar-refractivity contribution in [2.75, 3.05) is 18.9 Å². The summed E-state index contributed by atoms with van der Waals surface area (Å²) in [5, 5.41) is 16.8. The number of nitrogens with one attached hydrogen (secondary N) is 4. The average molecular weight is 501 g/mol. The van der Waals surface area contributed by atoms with Crippen LogP contribution in [0.4, 0.5) is 9.18 Å². The number of hydrogen-bond donors (Lipinski definition) is 5. The van der Waals surface area contributed by atoms with Crippen molar-refractivity contribution in [3.05, 3.63) is 29.6 Å².